The van der Waals surface area contributed by atoms with E-state index in [2.05, 4.69) is 5.32 Å². The smallest absolute Gasteiger partial charge is 0.261 e. The third-order valence-electron chi connectivity index (χ3n) is 5.54. The standard InChI is InChI=1S/C24H28Cl2N2O3/c1-17(24(30)27-21-8-3-2-4-9-21)28(15-18-6-5-7-20(26)14-18)23(29)16-31-22-12-10-19(25)11-13-22/h5-7,10-14,17,21H,2-4,8-9,15-16H2,1H3,(H,27,30)/t17-/m0/s1. The fourth-order valence-corrected chi connectivity index (χ4v) is 4.08. The Bertz CT molecular complexity index is 883. The minimum absolute atomic E-state index is 0.145. The minimum atomic E-state index is -0.637. The van der Waals surface area contributed by atoms with Crippen LogP contribution in [0.5, 0.6) is 5.75 Å². The van der Waals surface area contributed by atoms with Crippen LogP contribution in [0.3, 0.4) is 0 Å². The number of benzene rings is 2. The molecule has 0 saturated heterocycles. The molecule has 1 atom stereocenters. The summed E-state index contributed by atoms with van der Waals surface area (Å²) in [6.45, 7) is 1.84. The van der Waals surface area contributed by atoms with E-state index in [1.165, 1.54) is 6.42 Å². The minimum Gasteiger partial charge on any atom is -0.484 e. The van der Waals surface area contributed by atoms with Gasteiger partial charge in [0.15, 0.2) is 6.61 Å². The lowest BCUT2D eigenvalue weighted by Gasteiger charge is -2.31. The second-order valence-corrected chi connectivity index (χ2v) is 8.79. The van der Waals surface area contributed by atoms with Crippen LogP contribution < -0.4 is 10.1 Å². The van der Waals surface area contributed by atoms with Gasteiger partial charge in [-0.05, 0) is 61.7 Å². The van der Waals surface area contributed by atoms with Crippen molar-refractivity contribution in [3.05, 3.63) is 64.1 Å². The zero-order valence-corrected chi connectivity index (χ0v) is 19.2. The number of hydrogen-bond acceptors (Lipinski definition) is 3. The van der Waals surface area contributed by atoms with E-state index in [1.807, 2.05) is 12.1 Å². The predicted octanol–water partition coefficient (Wildman–Crippen LogP) is 5.24. The number of rotatable bonds is 8. The Morgan fingerprint density at radius 1 is 1.06 bits per heavy atom. The molecule has 2 amide bonds. The van der Waals surface area contributed by atoms with Gasteiger partial charge in [-0.3, -0.25) is 9.59 Å². The highest BCUT2D eigenvalue weighted by Gasteiger charge is 2.28. The lowest BCUT2D eigenvalue weighted by molar-refractivity contribution is -0.142. The highest BCUT2D eigenvalue weighted by atomic mass is 35.5. The van der Waals surface area contributed by atoms with E-state index >= 15 is 0 Å². The summed E-state index contributed by atoms with van der Waals surface area (Å²) >= 11 is 12.0. The summed E-state index contributed by atoms with van der Waals surface area (Å²) in [4.78, 5) is 27.6. The Kier molecular flexibility index (Phi) is 8.61. The van der Waals surface area contributed by atoms with Crippen LogP contribution in [0.2, 0.25) is 10.0 Å². The van der Waals surface area contributed by atoms with Gasteiger partial charge in [-0.25, -0.2) is 0 Å². The Labute approximate surface area is 193 Å². The molecule has 7 heteroatoms. The van der Waals surface area contributed by atoms with Gasteiger partial charge in [-0.15, -0.1) is 0 Å². The molecule has 0 unspecified atom stereocenters. The Hall–Kier alpha value is -2.24. The lowest BCUT2D eigenvalue weighted by atomic mass is 9.95. The van der Waals surface area contributed by atoms with Crippen LogP contribution in [0.1, 0.15) is 44.6 Å². The zero-order valence-electron chi connectivity index (χ0n) is 17.7. The molecular weight excluding hydrogens is 435 g/mol. The first-order chi connectivity index (χ1) is 14.9. The maximum atomic E-state index is 13.1. The SMILES string of the molecule is C[C@@H](C(=O)NC1CCCCC1)N(Cc1cccc(Cl)c1)C(=O)COc1ccc(Cl)cc1. The second kappa shape index (κ2) is 11.4. The molecule has 0 aromatic heterocycles. The third-order valence-corrected chi connectivity index (χ3v) is 6.02. The largest absolute Gasteiger partial charge is 0.484 e. The van der Waals surface area contributed by atoms with Crippen molar-refractivity contribution in [2.24, 2.45) is 0 Å². The molecule has 2 aromatic rings. The predicted molar refractivity (Wildman–Crippen MR) is 123 cm³/mol. The fraction of sp³-hybridized carbons (Fsp3) is 0.417. The highest BCUT2D eigenvalue weighted by Crippen LogP contribution is 2.20. The molecule has 5 nitrogen and oxygen atoms in total. The Balaban J connectivity index is 1.70. The fourth-order valence-electron chi connectivity index (χ4n) is 3.74. The van der Waals surface area contributed by atoms with E-state index < -0.39 is 6.04 Å². The molecule has 0 heterocycles. The molecule has 0 spiro atoms. The van der Waals surface area contributed by atoms with Crippen LogP contribution in [0.15, 0.2) is 48.5 Å². The topological polar surface area (TPSA) is 58.6 Å². The van der Waals surface area contributed by atoms with E-state index in [0.717, 1.165) is 31.2 Å². The van der Waals surface area contributed by atoms with Crippen molar-refractivity contribution in [1.29, 1.82) is 0 Å². The molecule has 1 N–H and O–H groups in total. The first-order valence-electron chi connectivity index (χ1n) is 10.6. The van der Waals surface area contributed by atoms with Crippen LogP contribution in [-0.2, 0) is 16.1 Å². The van der Waals surface area contributed by atoms with Gasteiger partial charge in [0.2, 0.25) is 5.91 Å². The van der Waals surface area contributed by atoms with Crippen molar-refractivity contribution in [1.82, 2.24) is 10.2 Å². The van der Waals surface area contributed by atoms with Gasteiger partial charge < -0.3 is 15.0 Å². The molecule has 0 radical (unpaired) electrons. The van der Waals surface area contributed by atoms with Crippen molar-refractivity contribution in [3.63, 3.8) is 0 Å². The summed E-state index contributed by atoms with van der Waals surface area (Å²) in [5.74, 6) is 0.120. The molecule has 0 bridgehead atoms. The number of nitrogens with one attached hydrogen (secondary N) is 1. The molecule has 166 valence electrons. The number of carbonyl (C=O) groups excluding carboxylic acids is 2. The van der Waals surface area contributed by atoms with E-state index in [4.69, 9.17) is 27.9 Å². The van der Waals surface area contributed by atoms with Gasteiger partial charge in [0, 0.05) is 22.6 Å². The number of ether oxygens (including phenoxy) is 1. The maximum Gasteiger partial charge on any atom is 0.261 e. The van der Waals surface area contributed by atoms with Crippen LogP contribution >= 0.6 is 23.2 Å². The van der Waals surface area contributed by atoms with Crippen LogP contribution in [0.25, 0.3) is 0 Å². The average Bonchev–Trinajstić information content (AvgIpc) is 2.77. The molecular formula is C24H28Cl2N2O3. The highest BCUT2D eigenvalue weighted by molar-refractivity contribution is 6.30. The van der Waals surface area contributed by atoms with Gasteiger partial charge >= 0.3 is 0 Å². The maximum absolute atomic E-state index is 13.1. The Morgan fingerprint density at radius 3 is 2.45 bits per heavy atom. The van der Waals surface area contributed by atoms with E-state index in [9.17, 15) is 9.59 Å². The number of nitrogens with zero attached hydrogens (tertiary/aromatic N) is 1. The van der Waals surface area contributed by atoms with Gasteiger partial charge in [-0.2, -0.15) is 0 Å². The van der Waals surface area contributed by atoms with Gasteiger partial charge in [0.25, 0.3) is 5.91 Å². The molecule has 1 fully saturated rings. The van der Waals surface area contributed by atoms with Crippen LogP contribution in [0.4, 0.5) is 0 Å². The summed E-state index contributed by atoms with van der Waals surface area (Å²) in [5.41, 5.74) is 0.852. The van der Waals surface area contributed by atoms with Crippen molar-refractivity contribution >= 4 is 35.0 Å². The number of carbonyl (C=O) groups is 2. The van der Waals surface area contributed by atoms with Crippen molar-refractivity contribution in [2.45, 2.75) is 57.7 Å². The normalized spacial score (nSPS) is 15.2. The van der Waals surface area contributed by atoms with Crippen molar-refractivity contribution in [3.8, 4) is 5.75 Å². The molecule has 1 aliphatic rings. The lowest BCUT2D eigenvalue weighted by Crippen LogP contribution is -2.51. The quantitative estimate of drug-likeness (QED) is 0.583. The molecule has 1 aliphatic carbocycles. The monoisotopic (exact) mass is 462 g/mol. The first-order valence-corrected chi connectivity index (χ1v) is 11.4. The van der Waals surface area contributed by atoms with E-state index in [0.29, 0.717) is 15.8 Å². The van der Waals surface area contributed by atoms with Gasteiger partial charge in [0.1, 0.15) is 11.8 Å². The third kappa shape index (κ3) is 7.15. The zero-order chi connectivity index (χ0) is 22.2. The van der Waals surface area contributed by atoms with Crippen molar-refractivity contribution < 1.29 is 14.3 Å². The van der Waals surface area contributed by atoms with E-state index in [-0.39, 0.29) is 31.0 Å². The van der Waals surface area contributed by atoms with Gasteiger partial charge in [0.05, 0.1) is 0 Å². The summed E-state index contributed by atoms with van der Waals surface area (Å²) in [5, 5.41) is 4.29. The number of amides is 2. The van der Waals surface area contributed by atoms with E-state index in [1.54, 1.807) is 48.2 Å². The first kappa shape index (κ1) is 23.4. The summed E-state index contributed by atoms with van der Waals surface area (Å²) < 4.78 is 5.64. The van der Waals surface area contributed by atoms with Crippen LogP contribution in [-0.4, -0.2) is 35.4 Å². The van der Waals surface area contributed by atoms with Crippen LogP contribution in [0, 0.1) is 0 Å². The van der Waals surface area contributed by atoms with Gasteiger partial charge in [-0.1, -0.05) is 54.6 Å². The molecule has 1 saturated carbocycles. The molecule has 0 aliphatic heterocycles. The molecule has 31 heavy (non-hydrogen) atoms. The second-order valence-electron chi connectivity index (χ2n) is 7.91. The summed E-state index contributed by atoms with van der Waals surface area (Å²) in [7, 11) is 0. The molecule has 2 aromatic carbocycles. The summed E-state index contributed by atoms with van der Waals surface area (Å²) in [6.07, 6.45) is 5.43. The number of hydrogen-bond donors (Lipinski definition) is 1. The van der Waals surface area contributed by atoms with Crippen molar-refractivity contribution in [2.75, 3.05) is 6.61 Å². The average molecular weight is 463 g/mol. The number of halogens is 2. The summed E-state index contributed by atoms with van der Waals surface area (Å²) in [6, 6.07) is 13.6. The molecule has 3 rings (SSSR count). The Morgan fingerprint density at radius 2 is 1.77 bits per heavy atom.